The number of rotatable bonds is 3. The minimum absolute atomic E-state index is 0.224. The monoisotopic (exact) mass is 269 g/mol. The molecule has 3 nitrogen and oxygen atoms in total. The fraction of sp³-hybridized carbons (Fsp3) is 0.200. The number of benzene rings is 1. The molecule has 1 N–H and O–H groups in total. The van der Waals surface area contributed by atoms with Gasteiger partial charge >= 0.3 is 0 Å². The maximum Gasteiger partial charge on any atom is 0.147 e. The molecule has 0 saturated carbocycles. The van der Waals surface area contributed by atoms with Gasteiger partial charge in [0.1, 0.15) is 12.1 Å². The van der Waals surface area contributed by atoms with Crippen molar-refractivity contribution in [2.75, 3.05) is 5.32 Å². The minimum Gasteiger partial charge on any atom is -0.362 e. The molecule has 1 aromatic carbocycles. The highest BCUT2D eigenvalue weighted by Crippen LogP contribution is 2.28. The SMILES string of the molecule is Cc1ccccc1C(C)Nc1ncnc2ccsc12. The summed E-state index contributed by atoms with van der Waals surface area (Å²) in [6.07, 6.45) is 1.61. The van der Waals surface area contributed by atoms with Crippen LogP contribution in [-0.4, -0.2) is 9.97 Å². The lowest BCUT2D eigenvalue weighted by Crippen LogP contribution is -2.09. The van der Waals surface area contributed by atoms with E-state index in [1.807, 2.05) is 11.4 Å². The van der Waals surface area contributed by atoms with Crippen molar-refractivity contribution in [2.45, 2.75) is 19.9 Å². The van der Waals surface area contributed by atoms with Crippen LogP contribution in [-0.2, 0) is 0 Å². The van der Waals surface area contributed by atoms with E-state index >= 15 is 0 Å². The van der Waals surface area contributed by atoms with Crippen LogP contribution in [0.4, 0.5) is 5.82 Å². The average molecular weight is 269 g/mol. The molecule has 0 spiro atoms. The van der Waals surface area contributed by atoms with Crippen molar-refractivity contribution in [2.24, 2.45) is 0 Å². The zero-order chi connectivity index (χ0) is 13.2. The van der Waals surface area contributed by atoms with E-state index in [0.29, 0.717) is 0 Å². The molecule has 0 amide bonds. The van der Waals surface area contributed by atoms with E-state index in [1.165, 1.54) is 11.1 Å². The molecule has 3 rings (SSSR count). The molecule has 0 saturated heterocycles. The van der Waals surface area contributed by atoms with E-state index in [2.05, 4.69) is 53.4 Å². The third-order valence-electron chi connectivity index (χ3n) is 3.25. The molecule has 0 bridgehead atoms. The van der Waals surface area contributed by atoms with Gasteiger partial charge in [-0.15, -0.1) is 11.3 Å². The highest BCUT2D eigenvalue weighted by atomic mass is 32.1. The number of aryl methyl sites for hydroxylation is 1. The summed E-state index contributed by atoms with van der Waals surface area (Å²) >= 11 is 1.67. The zero-order valence-corrected chi connectivity index (χ0v) is 11.7. The summed E-state index contributed by atoms with van der Waals surface area (Å²) in [7, 11) is 0. The van der Waals surface area contributed by atoms with Gasteiger partial charge < -0.3 is 5.32 Å². The van der Waals surface area contributed by atoms with Crippen LogP contribution in [0.2, 0.25) is 0 Å². The van der Waals surface area contributed by atoms with E-state index in [1.54, 1.807) is 17.7 Å². The maximum absolute atomic E-state index is 4.36. The fourth-order valence-corrected chi connectivity index (χ4v) is 3.04. The second-order valence-electron chi connectivity index (χ2n) is 4.58. The summed E-state index contributed by atoms with van der Waals surface area (Å²) < 4.78 is 1.11. The number of anilines is 1. The summed E-state index contributed by atoms with van der Waals surface area (Å²) in [5.41, 5.74) is 3.59. The maximum atomic E-state index is 4.36. The Hall–Kier alpha value is -1.94. The Labute approximate surface area is 116 Å². The Morgan fingerprint density at radius 3 is 2.84 bits per heavy atom. The lowest BCUT2D eigenvalue weighted by atomic mass is 10.0. The van der Waals surface area contributed by atoms with Crippen molar-refractivity contribution in [3.8, 4) is 0 Å². The molecule has 0 aliphatic heterocycles. The van der Waals surface area contributed by atoms with Gasteiger partial charge in [0.25, 0.3) is 0 Å². The number of thiophene rings is 1. The number of hydrogen-bond acceptors (Lipinski definition) is 4. The Kier molecular flexibility index (Phi) is 3.17. The molecule has 0 aliphatic rings. The third-order valence-corrected chi connectivity index (χ3v) is 4.16. The van der Waals surface area contributed by atoms with Crippen molar-refractivity contribution in [3.63, 3.8) is 0 Å². The summed E-state index contributed by atoms with van der Waals surface area (Å²) in [4.78, 5) is 8.62. The van der Waals surface area contributed by atoms with Crippen LogP contribution in [0.5, 0.6) is 0 Å². The highest BCUT2D eigenvalue weighted by molar-refractivity contribution is 7.17. The molecule has 1 unspecified atom stereocenters. The van der Waals surface area contributed by atoms with E-state index < -0.39 is 0 Å². The lowest BCUT2D eigenvalue weighted by Gasteiger charge is -2.17. The first-order valence-electron chi connectivity index (χ1n) is 6.26. The van der Waals surface area contributed by atoms with Crippen molar-refractivity contribution < 1.29 is 0 Å². The van der Waals surface area contributed by atoms with Crippen LogP contribution in [0.1, 0.15) is 24.1 Å². The Morgan fingerprint density at radius 2 is 2.00 bits per heavy atom. The number of fused-ring (bicyclic) bond motifs is 1. The van der Waals surface area contributed by atoms with E-state index in [9.17, 15) is 0 Å². The van der Waals surface area contributed by atoms with Crippen molar-refractivity contribution >= 4 is 27.4 Å². The van der Waals surface area contributed by atoms with Crippen LogP contribution in [0.3, 0.4) is 0 Å². The molecule has 0 aliphatic carbocycles. The predicted octanol–water partition coefficient (Wildman–Crippen LogP) is 4.17. The van der Waals surface area contributed by atoms with E-state index in [-0.39, 0.29) is 6.04 Å². The van der Waals surface area contributed by atoms with Crippen LogP contribution >= 0.6 is 11.3 Å². The van der Waals surface area contributed by atoms with Gasteiger partial charge in [0.15, 0.2) is 0 Å². The number of aromatic nitrogens is 2. The van der Waals surface area contributed by atoms with Gasteiger partial charge in [0.2, 0.25) is 0 Å². The smallest absolute Gasteiger partial charge is 0.147 e. The summed E-state index contributed by atoms with van der Waals surface area (Å²) in [5.74, 6) is 0.913. The standard InChI is InChI=1S/C15H15N3S/c1-10-5-3-4-6-12(10)11(2)18-15-14-13(7-8-19-14)16-9-17-15/h3-9,11H,1-2H3,(H,16,17,18). The molecular formula is C15H15N3S. The van der Waals surface area contributed by atoms with Crippen LogP contribution in [0.15, 0.2) is 42.0 Å². The fourth-order valence-electron chi connectivity index (χ4n) is 2.25. The zero-order valence-electron chi connectivity index (χ0n) is 10.9. The number of hydrogen-bond donors (Lipinski definition) is 1. The second kappa shape index (κ2) is 4.97. The van der Waals surface area contributed by atoms with Crippen LogP contribution in [0, 0.1) is 6.92 Å². The molecule has 1 atom stereocenters. The quantitative estimate of drug-likeness (QED) is 0.775. The molecule has 0 radical (unpaired) electrons. The number of nitrogens with one attached hydrogen (secondary N) is 1. The summed E-state index contributed by atoms with van der Waals surface area (Å²) in [6.45, 7) is 4.29. The predicted molar refractivity (Wildman–Crippen MR) is 80.6 cm³/mol. The first kappa shape index (κ1) is 12.1. The van der Waals surface area contributed by atoms with Crippen LogP contribution < -0.4 is 5.32 Å². The molecule has 2 aromatic heterocycles. The van der Waals surface area contributed by atoms with Gasteiger partial charge in [0, 0.05) is 0 Å². The molecular weight excluding hydrogens is 254 g/mol. The third kappa shape index (κ3) is 2.31. The summed E-state index contributed by atoms with van der Waals surface area (Å²) in [6, 6.07) is 10.7. The van der Waals surface area contributed by atoms with Gasteiger partial charge in [0.05, 0.1) is 16.3 Å². The van der Waals surface area contributed by atoms with E-state index in [0.717, 1.165) is 16.0 Å². The van der Waals surface area contributed by atoms with Gasteiger partial charge in [-0.2, -0.15) is 0 Å². The first-order valence-corrected chi connectivity index (χ1v) is 7.14. The number of nitrogens with zero attached hydrogens (tertiary/aromatic N) is 2. The Bertz CT molecular complexity index is 705. The Morgan fingerprint density at radius 1 is 1.16 bits per heavy atom. The van der Waals surface area contributed by atoms with Crippen molar-refractivity contribution in [3.05, 3.63) is 53.2 Å². The highest BCUT2D eigenvalue weighted by Gasteiger charge is 2.11. The van der Waals surface area contributed by atoms with Crippen molar-refractivity contribution in [1.82, 2.24) is 9.97 Å². The van der Waals surface area contributed by atoms with Crippen molar-refractivity contribution in [1.29, 1.82) is 0 Å². The van der Waals surface area contributed by atoms with Gasteiger partial charge in [-0.1, -0.05) is 24.3 Å². The molecule has 2 heterocycles. The molecule has 4 heteroatoms. The molecule has 19 heavy (non-hydrogen) atoms. The minimum atomic E-state index is 0.224. The largest absolute Gasteiger partial charge is 0.362 e. The van der Waals surface area contributed by atoms with Gasteiger partial charge in [-0.3, -0.25) is 0 Å². The first-order chi connectivity index (χ1) is 9.25. The normalized spacial score (nSPS) is 12.5. The lowest BCUT2D eigenvalue weighted by molar-refractivity contribution is 0.866. The second-order valence-corrected chi connectivity index (χ2v) is 5.50. The summed E-state index contributed by atoms with van der Waals surface area (Å²) in [5, 5.41) is 5.53. The molecule has 0 fully saturated rings. The Balaban J connectivity index is 1.93. The molecule has 3 aromatic rings. The van der Waals surface area contributed by atoms with Gasteiger partial charge in [-0.05, 0) is 36.4 Å². The average Bonchev–Trinajstić information content (AvgIpc) is 2.88. The molecule has 96 valence electrons. The van der Waals surface area contributed by atoms with Crippen LogP contribution in [0.25, 0.3) is 10.2 Å². The topological polar surface area (TPSA) is 37.8 Å². The van der Waals surface area contributed by atoms with Gasteiger partial charge in [-0.25, -0.2) is 9.97 Å². The van der Waals surface area contributed by atoms with E-state index in [4.69, 9.17) is 0 Å².